The highest BCUT2D eigenvalue weighted by molar-refractivity contribution is 7.92. The van der Waals surface area contributed by atoms with Gasteiger partial charge in [0.25, 0.3) is 10.0 Å². The molecule has 7 heteroatoms. The zero-order valence-corrected chi connectivity index (χ0v) is 14.8. The Kier molecular flexibility index (Phi) is 4.30. The standard InChI is InChI=1S/C19H18N4O2S/c24-26(25,15-10-2-1-3-11-15)23-19-18(20-14-8-4-5-9-14)21-16-12-6-7-13-17(16)22-19/h1-7,10-14H,8-9H2,(H,20,21)(H,22,23). The zero-order valence-electron chi connectivity index (χ0n) is 14.0. The molecule has 0 saturated heterocycles. The first-order valence-corrected chi connectivity index (χ1v) is 9.86. The van der Waals surface area contributed by atoms with E-state index in [0.29, 0.717) is 16.9 Å². The molecule has 0 radical (unpaired) electrons. The second-order valence-corrected chi connectivity index (χ2v) is 7.79. The van der Waals surface area contributed by atoms with Crippen LogP contribution in [-0.2, 0) is 10.0 Å². The highest BCUT2D eigenvalue weighted by Crippen LogP contribution is 2.26. The average molecular weight is 366 g/mol. The van der Waals surface area contributed by atoms with Crippen molar-refractivity contribution >= 4 is 32.7 Å². The van der Waals surface area contributed by atoms with Crippen LogP contribution in [0.15, 0.2) is 71.6 Å². The van der Waals surface area contributed by atoms with E-state index in [1.165, 1.54) is 0 Å². The maximum absolute atomic E-state index is 12.7. The SMILES string of the molecule is O=S(=O)(Nc1nc2ccccc2nc1NC1CC=CC1)c1ccccc1. The third kappa shape index (κ3) is 3.39. The van der Waals surface area contributed by atoms with Gasteiger partial charge < -0.3 is 5.32 Å². The Bertz CT molecular complexity index is 1060. The molecule has 1 heterocycles. The van der Waals surface area contributed by atoms with Crippen LogP contribution in [0.2, 0.25) is 0 Å². The lowest BCUT2D eigenvalue weighted by Gasteiger charge is -2.17. The van der Waals surface area contributed by atoms with Crippen LogP contribution in [0.25, 0.3) is 11.0 Å². The molecule has 0 aliphatic heterocycles. The second-order valence-electron chi connectivity index (χ2n) is 6.11. The summed E-state index contributed by atoms with van der Waals surface area (Å²) in [7, 11) is -3.75. The van der Waals surface area contributed by atoms with Crippen molar-refractivity contribution < 1.29 is 8.42 Å². The van der Waals surface area contributed by atoms with Crippen LogP contribution in [0.1, 0.15) is 12.8 Å². The predicted octanol–water partition coefficient (Wildman–Crippen LogP) is 3.56. The number of fused-ring (bicyclic) bond motifs is 1. The van der Waals surface area contributed by atoms with Gasteiger partial charge in [0.1, 0.15) is 0 Å². The number of anilines is 2. The van der Waals surface area contributed by atoms with E-state index in [4.69, 9.17) is 0 Å². The summed E-state index contributed by atoms with van der Waals surface area (Å²) in [5.41, 5.74) is 1.34. The first-order valence-electron chi connectivity index (χ1n) is 8.38. The first kappa shape index (κ1) is 16.5. The van der Waals surface area contributed by atoms with Crippen molar-refractivity contribution in [3.63, 3.8) is 0 Å². The molecule has 1 aliphatic carbocycles. The lowest BCUT2D eigenvalue weighted by molar-refractivity contribution is 0.601. The highest BCUT2D eigenvalue weighted by atomic mass is 32.2. The Morgan fingerprint density at radius 2 is 1.38 bits per heavy atom. The van der Waals surface area contributed by atoms with Crippen molar-refractivity contribution in [2.45, 2.75) is 23.8 Å². The van der Waals surface area contributed by atoms with Gasteiger partial charge in [-0.25, -0.2) is 18.4 Å². The molecule has 3 aromatic rings. The average Bonchev–Trinajstić information content (AvgIpc) is 3.16. The Morgan fingerprint density at radius 3 is 2.04 bits per heavy atom. The maximum atomic E-state index is 12.7. The van der Waals surface area contributed by atoms with Gasteiger partial charge in [0, 0.05) is 6.04 Å². The van der Waals surface area contributed by atoms with Crippen molar-refractivity contribution in [2.75, 3.05) is 10.0 Å². The molecule has 0 saturated carbocycles. The van der Waals surface area contributed by atoms with E-state index in [9.17, 15) is 8.42 Å². The minimum Gasteiger partial charge on any atom is -0.364 e. The molecule has 0 bridgehead atoms. The molecule has 0 amide bonds. The summed E-state index contributed by atoms with van der Waals surface area (Å²) in [4.78, 5) is 9.26. The molecule has 26 heavy (non-hydrogen) atoms. The van der Waals surface area contributed by atoms with Gasteiger partial charge >= 0.3 is 0 Å². The number of hydrogen-bond acceptors (Lipinski definition) is 5. The molecule has 4 rings (SSSR count). The van der Waals surface area contributed by atoms with E-state index >= 15 is 0 Å². The van der Waals surface area contributed by atoms with E-state index in [0.717, 1.165) is 12.8 Å². The normalized spacial score (nSPS) is 14.6. The van der Waals surface area contributed by atoms with Crippen LogP contribution in [0.5, 0.6) is 0 Å². The lowest BCUT2D eigenvalue weighted by atomic mass is 10.2. The molecule has 1 aromatic heterocycles. The van der Waals surface area contributed by atoms with Gasteiger partial charge in [0.05, 0.1) is 15.9 Å². The summed E-state index contributed by atoms with van der Waals surface area (Å²) in [6, 6.07) is 15.8. The number of benzene rings is 2. The van der Waals surface area contributed by atoms with Gasteiger partial charge in [-0.05, 0) is 37.1 Å². The highest BCUT2D eigenvalue weighted by Gasteiger charge is 2.20. The van der Waals surface area contributed by atoms with Crippen LogP contribution in [0.4, 0.5) is 11.6 Å². The fourth-order valence-corrected chi connectivity index (χ4v) is 3.92. The van der Waals surface area contributed by atoms with Gasteiger partial charge in [-0.2, -0.15) is 0 Å². The van der Waals surface area contributed by atoms with E-state index in [1.54, 1.807) is 30.3 Å². The molecule has 0 spiro atoms. The smallest absolute Gasteiger partial charge is 0.263 e. The summed E-state index contributed by atoms with van der Waals surface area (Å²) in [5, 5.41) is 3.31. The quantitative estimate of drug-likeness (QED) is 0.675. The minimum absolute atomic E-state index is 0.184. The fourth-order valence-electron chi connectivity index (χ4n) is 2.89. The van der Waals surface area contributed by atoms with Gasteiger partial charge in [-0.15, -0.1) is 0 Å². The van der Waals surface area contributed by atoms with Gasteiger partial charge in [-0.1, -0.05) is 42.5 Å². The Balaban J connectivity index is 1.74. The number of sulfonamides is 1. The molecular formula is C19H18N4O2S. The molecule has 2 N–H and O–H groups in total. The van der Waals surface area contributed by atoms with Crippen molar-refractivity contribution in [1.29, 1.82) is 0 Å². The Labute approximate surface area is 152 Å². The van der Waals surface area contributed by atoms with Crippen molar-refractivity contribution in [3.05, 3.63) is 66.7 Å². The molecule has 0 unspecified atom stereocenters. The van der Waals surface area contributed by atoms with Crippen LogP contribution in [0, 0.1) is 0 Å². The van der Waals surface area contributed by atoms with E-state index in [1.807, 2.05) is 24.3 Å². The maximum Gasteiger partial charge on any atom is 0.263 e. The van der Waals surface area contributed by atoms with Crippen molar-refractivity contribution in [2.24, 2.45) is 0 Å². The zero-order chi connectivity index (χ0) is 18.0. The van der Waals surface area contributed by atoms with Crippen LogP contribution < -0.4 is 10.0 Å². The molecule has 0 atom stereocenters. The summed E-state index contributed by atoms with van der Waals surface area (Å²) < 4.78 is 28.0. The number of rotatable bonds is 5. The van der Waals surface area contributed by atoms with Gasteiger partial charge in [0.2, 0.25) is 0 Å². The third-order valence-electron chi connectivity index (χ3n) is 4.20. The summed E-state index contributed by atoms with van der Waals surface area (Å²) in [6.07, 6.45) is 5.94. The van der Waals surface area contributed by atoms with Crippen LogP contribution in [0.3, 0.4) is 0 Å². The predicted molar refractivity (Wildman–Crippen MR) is 103 cm³/mol. The van der Waals surface area contributed by atoms with E-state index in [2.05, 4.69) is 32.2 Å². The summed E-state index contributed by atoms with van der Waals surface area (Å²) in [5.74, 6) is 0.649. The van der Waals surface area contributed by atoms with E-state index in [-0.39, 0.29) is 16.8 Å². The van der Waals surface area contributed by atoms with Crippen LogP contribution in [-0.4, -0.2) is 24.4 Å². The molecule has 1 aliphatic rings. The second kappa shape index (κ2) is 6.76. The monoisotopic (exact) mass is 366 g/mol. The molecule has 132 valence electrons. The number of nitrogens with one attached hydrogen (secondary N) is 2. The van der Waals surface area contributed by atoms with Crippen molar-refractivity contribution in [3.8, 4) is 0 Å². The van der Waals surface area contributed by atoms with Crippen LogP contribution >= 0.6 is 0 Å². The largest absolute Gasteiger partial charge is 0.364 e. The number of nitrogens with zero attached hydrogens (tertiary/aromatic N) is 2. The summed E-state index contributed by atoms with van der Waals surface area (Å²) >= 11 is 0. The first-order chi connectivity index (χ1) is 12.6. The number of hydrogen-bond donors (Lipinski definition) is 2. The molecule has 6 nitrogen and oxygen atoms in total. The Morgan fingerprint density at radius 1 is 0.808 bits per heavy atom. The van der Waals surface area contributed by atoms with Crippen molar-refractivity contribution in [1.82, 2.24) is 9.97 Å². The number of para-hydroxylation sites is 2. The third-order valence-corrected chi connectivity index (χ3v) is 5.56. The van der Waals surface area contributed by atoms with E-state index < -0.39 is 10.0 Å². The molecule has 0 fully saturated rings. The minimum atomic E-state index is -3.75. The molecule has 2 aromatic carbocycles. The topological polar surface area (TPSA) is 84.0 Å². The molecular weight excluding hydrogens is 348 g/mol. The lowest BCUT2D eigenvalue weighted by Crippen LogP contribution is -2.20. The number of aromatic nitrogens is 2. The fraction of sp³-hybridized carbons (Fsp3) is 0.158. The Hall–Kier alpha value is -2.93. The summed E-state index contributed by atoms with van der Waals surface area (Å²) in [6.45, 7) is 0. The van der Waals surface area contributed by atoms with Gasteiger partial charge in [0.15, 0.2) is 11.6 Å². The van der Waals surface area contributed by atoms with Gasteiger partial charge in [-0.3, -0.25) is 4.72 Å².